The highest BCUT2D eigenvalue weighted by atomic mass is 35.5. The van der Waals surface area contributed by atoms with Crippen LogP contribution in [0.5, 0.6) is 0 Å². The molecule has 0 saturated heterocycles. The minimum Gasteiger partial charge on any atom is -0.481 e. The second-order valence-corrected chi connectivity index (χ2v) is 6.32. The third kappa shape index (κ3) is 2.73. The molecule has 0 aliphatic heterocycles. The summed E-state index contributed by atoms with van der Waals surface area (Å²) in [5.74, 6) is -1.90. The van der Waals surface area contributed by atoms with E-state index >= 15 is 0 Å². The van der Waals surface area contributed by atoms with Crippen LogP contribution in [-0.4, -0.2) is 16.1 Å². The van der Waals surface area contributed by atoms with E-state index in [0.29, 0.717) is 17.2 Å². The summed E-state index contributed by atoms with van der Waals surface area (Å²) in [5.41, 5.74) is 0.755. The number of rotatable bonds is 3. The molecule has 1 aromatic heterocycles. The van der Waals surface area contributed by atoms with Crippen LogP contribution in [-0.2, 0) is 11.2 Å². The molecule has 110 valence electrons. The maximum Gasteiger partial charge on any atom is 0.312 e. The number of carboxylic acids is 1. The van der Waals surface area contributed by atoms with Crippen LogP contribution in [0.4, 0.5) is 15.2 Å². The quantitative estimate of drug-likeness (QED) is 0.888. The van der Waals surface area contributed by atoms with Gasteiger partial charge in [-0.3, -0.25) is 4.79 Å². The molecule has 3 rings (SSSR count). The van der Waals surface area contributed by atoms with Crippen molar-refractivity contribution in [3.63, 3.8) is 0 Å². The molecule has 0 bridgehead atoms. The van der Waals surface area contributed by atoms with E-state index in [2.05, 4.69) is 10.3 Å². The second kappa shape index (κ2) is 5.61. The summed E-state index contributed by atoms with van der Waals surface area (Å²) in [6.45, 7) is 0. The van der Waals surface area contributed by atoms with Gasteiger partial charge in [0.05, 0.1) is 16.4 Å². The highest BCUT2D eigenvalue weighted by molar-refractivity contribution is 7.15. The second-order valence-electron chi connectivity index (χ2n) is 4.83. The van der Waals surface area contributed by atoms with Crippen molar-refractivity contribution in [2.75, 3.05) is 5.32 Å². The molecule has 0 fully saturated rings. The van der Waals surface area contributed by atoms with Crippen molar-refractivity contribution >= 4 is 39.7 Å². The Morgan fingerprint density at radius 2 is 2.33 bits per heavy atom. The largest absolute Gasteiger partial charge is 0.481 e. The lowest BCUT2D eigenvalue weighted by Gasteiger charge is -2.16. The van der Waals surface area contributed by atoms with Gasteiger partial charge >= 0.3 is 5.97 Å². The van der Waals surface area contributed by atoms with Crippen LogP contribution in [0.2, 0.25) is 5.02 Å². The first-order valence-electron chi connectivity index (χ1n) is 6.49. The summed E-state index contributed by atoms with van der Waals surface area (Å²) in [6, 6.07) is 4.42. The number of hydrogen-bond donors (Lipinski definition) is 2. The van der Waals surface area contributed by atoms with Gasteiger partial charge < -0.3 is 10.4 Å². The summed E-state index contributed by atoms with van der Waals surface area (Å²) < 4.78 is 13.8. The van der Waals surface area contributed by atoms with Crippen LogP contribution in [0.3, 0.4) is 0 Å². The van der Waals surface area contributed by atoms with Crippen molar-refractivity contribution in [3.8, 4) is 0 Å². The van der Waals surface area contributed by atoms with Crippen LogP contribution in [0.1, 0.15) is 29.3 Å². The number of aliphatic carboxylic acids is 1. The Morgan fingerprint density at radius 3 is 3.05 bits per heavy atom. The van der Waals surface area contributed by atoms with Crippen molar-refractivity contribution < 1.29 is 14.3 Å². The molecule has 1 heterocycles. The van der Waals surface area contributed by atoms with Gasteiger partial charge in [-0.05, 0) is 31.4 Å². The number of carbonyl (C=O) groups is 1. The standard InChI is InChI=1S/C14H12ClFN2O2S/c15-8-4-2-5-9(16)12(8)18-14-17-11-7(13(19)20)3-1-6-10(11)21-14/h2,4-5,7H,1,3,6H2,(H,17,18)(H,19,20). The zero-order valence-electron chi connectivity index (χ0n) is 10.9. The molecule has 0 amide bonds. The van der Waals surface area contributed by atoms with Crippen molar-refractivity contribution in [2.24, 2.45) is 0 Å². The van der Waals surface area contributed by atoms with Gasteiger partial charge in [0.1, 0.15) is 11.7 Å². The van der Waals surface area contributed by atoms with Gasteiger partial charge in [-0.15, -0.1) is 11.3 Å². The van der Waals surface area contributed by atoms with Gasteiger partial charge in [0.25, 0.3) is 0 Å². The number of aromatic nitrogens is 1. The molecule has 0 spiro atoms. The number of fused-ring (bicyclic) bond motifs is 1. The van der Waals surface area contributed by atoms with E-state index in [4.69, 9.17) is 11.6 Å². The number of nitrogens with zero attached hydrogens (tertiary/aromatic N) is 1. The first-order valence-corrected chi connectivity index (χ1v) is 7.69. The fourth-order valence-electron chi connectivity index (χ4n) is 2.44. The molecule has 4 nitrogen and oxygen atoms in total. The molecular formula is C14H12ClFN2O2S. The molecule has 1 aromatic carbocycles. The maximum atomic E-state index is 13.8. The average molecular weight is 327 g/mol. The van der Waals surface area contributed by atoms with Crippen LogP contribution in [0, 0.1) is 5.82 Å². The summed E-state index contributed by atoms with van der Waals surface area (Å²) in [4.78, 5) is 16.5. The topological polar surface area (TPSA) is 62.2 Å². The Labute approximate surface area is 129 Å². The van der Waals surface area contributed by atoms with E-state index in [-0.39, 0.29) is 10.7 Å². The van der Waals surface area contributed by atoms with E-state index in [1.807, 2.05) is 0 Å². The minimum absolute atomic E-state index is 0.164. The highest BCUT2D eigenvalue weighted by Crippen LogP contribution is 2.38. The van der Waals surface area contributed by atoms with Gasteiger partial charge in [0, 0.05) is 4.88 Å². The van der Waals surface area contributed by atoms with Crippen LogP contribution < -0.4 is 5.32 Å². The van der Waals surface area contributed by atoms with Crippen molar-refractivity contribution in [1.82, 2.24) is 4.98 Å². The predicted molar refractivity (Wildman–Crippen MR) is 80.1 cm³/mol. The number of anilines is 2. The smallest absolute Gasteiger partial charge is 0.312 e. The van der Waals surface area contributed by atoms with Gasteiger partial charge in [-0.25, -0.2) is 9.37 Å². The van der Waals surface area contributed by atoms with Gasteiger partial charge in [0.2, 0.25) is 0 Å². The Hall–Kier alpha value is -1.66. The van der Waals surface area contributed by atoms with Gasteiger partial charge in [-0.1, -0.05) is 17.7 Å². The summed E-state index contributed by atoms with van der Waals surface area (Å²) in [6.07, 6.45) is 2.22. The molecule has 0 radical (unpaired) electrons. The Kier molecular flexibility index (Phi) is 3.82. The summed E-state index contributed by atoms with van der Waals surface area (Å²) >= 11 is 7.32. The molecule has 1 aliphatic carbocycles. The molecule has 2 aromatic rings. The molecule has 2 N–H and O–H groups in total. The van der Waals surface area contributed by atoms with E-state index in [1.54, 1.807) is 6.07 Å². The zero-order chi connectivity index (χ0) is 15.0. The van der Waals surface area contributed by atoms with E-state index in [9.17, 15) is 14.3 Å². The minimum atomic E-state index is -0.864. The number of thiazole rings is 1. The first kappa shape index (κ1) is 14.3. The Bertz CT molecular complexity index is 684. The molecule has 1 aliphatic rings. The number of carboxylic acid groups (broad SMARTS) is 1. The van der Waals surface area contributed by atoms with Crippen molar-refractivity contribution in [2.45, 2.75) is 25.2 Å². The summed E-state index contributed by atoms with van der Waals surface area (Å²) in [5, 5.41) is 12.8. The third-order valence-electron chi connectivity index (χ3n) is 3.45. The number of aryl methyl sites for hydroxylation is 1. The van der Waals surface area contributed by atoms with E-state index in [0.717, 1.165) is 17.7 Å². The lowest BCUT2D eigenvalue weighted by Crippen LogP contribution is -2.17. The Balaban J connectivity index is 1.93. The van der Waals surface area contributed by atoms with E-state index in [1.165, 1.54) is 23.5 Å². The molecular weight excluding hydrogens is 315 g/mol. The van der Waals surface area contributed by atoms with Gasteiger partial charge in [0.15, 0.2) is 5.13 Å². The fourth-order valence-corrected chi connectivity index (χ4v) is 3.72. The van der Waals surface area contributed by atoms with Crippen molar-refractivity contribution in [3.05, 3.63) is 39.6 Å². The van der Waals surface area contributed by atoms with Crippen LogP contribution in [0.15, 0.2) is 18.2 Å². The van der Waals surface area contributed by atoms with Crippen LogP contribution in [0.25, 0.3) is 0 Å². The van der Waals surface area contributed by atoms with E-state index < -0.39 is 17.7 Å². The number of nitrogens with one attached hydrogen (secondary N) is 1. The molecule has 21 heavy (non-hydrogen) atoms. The third-order valence-corrected chi connectivity index (χ3v) is 4.81. The maximum absolute atomic E-state index is 13.8. The monoisotopic (exact) mass is 326 g/mol. The number of halogens is 2. The molecule has 7 heteroatoms. The van der Waals surface area contributed by atoms with Gasteiger partial charge in [-0.2, -0.15) is 0 Å². The fraction of sp³-hybridized carbons (Fsp3) is 0.286. The lowest BCUT2D eigenvalue weighted by molar-refractivity contribution is -0.139. The van der Waals surface area contributed by atoms with Crippen molar-refractivity contribution in [1.29, 1.82) is 0 Å². The summed E-state index contributed by atoms with van der Waals surface area (Å²) in [7, 11) is 0. The normalized spacial score (nSPS) is 17.3. The SMILES string of the molecule is O=C(O)C1CCCc2sc(Nc3c(F)cccc3Cl)nc21. The first-order chi connectivity index (χ1) is 10.1. The Morgan fingerprint density at radius 1 is 1.52 bits per heavy atom. The predicted octanol–water partition coefficient (Wildman–Crippen LogP) is 4.18. The number of para-hydroxylation sites is 1. The molecule has 0 saturated carbocycles. The highest BCUT2D eigenvalue weighted by Gasteiger charge is 2.30. The zero-order valence-corrected chi connectivity index (χ0v) is 12.5. The number of hydrogen-bond acceptors (Lipinski definition) is 4. The molecule has 1 atom stereocenters. The number of benzene rings is 1. The lowest BCUT2D eigenvalue weighted by atomic mass is 9.91. The molecule has 1 unspecified atom stereocenters. The van der Waals surface area contributed by atoms with Crippen LogP contribution >= 0.6 is 22.9 Å². The average Bonchev–Trinajstić information content (AvgIpc) is 2.85.